The number of likely N-dealkylation sites (tertiary alicyclic amines) is 1. The summed E-state index contributed by atoms with van der Waals surface area (Å²) < 4.78 is 12.1. The van der Waals surface area contributed by atoms with Gasteiger partial charge in [0.1, 0.15) is 5.60 Å². The number of hydrogen-bond donors (Lipinski definition) is 1. The van der Waals surface area contributed by atoms with Crippen molar-refractivity contribution in [1.29, 1.82) is 0 Å². The third kappa shape index (κ3) is 5.45. The highest BCUT2D eigenvalue weighted by Gasteiger charge is 2.28. The molecule has 1 atom stereocenters. The number of ether oxygens (including phenoxy) is 2. The number of carbonyl (C=O) groups is 2. The molecule has 2 rings (SSSR count). The molecule has 0 aromatic carbocycles. The molecule has 2 heterocycles. The first-order valence-corrected chi connectivity index (χ1v) is 9.10. The van der Waals surface area contributed by atoms with E-state index in [0.29, 0.717) is 31.9 Å². The minimum Gasteiger partial charge on any atom is -0.461 e. The summed E-state index contributed by atoms with van der Waals surface area (Å²) in [4.78, 5) is 26.1. The fraction of sp³-hybridized carbons (Fsp3) is 0.722. The smallest absolute Gasteiger partial charge is 0.410 e. The number of esters is 1. The average molecular weight is 366 g/mol. The second-order valence-electron chi connectivity index (χ2n) is 7.51. The van der Waals surface area contributed by atoms with Gasteiger partial charge in [0.25, 0.3) is 0 Å². The molecule has 1 aromatic heterocycles. The van der Waals surface area contributed by atoms with Crippen molar-refractivity contribution >= 4 is 12.1 Å². The normalized spacial score (nSPS) is 17.9. The average Bonchev–Trinajstić information content (AvgIpc) is 2.92. The van der Waals surface area contributed by atoms with Crippen LogP contribution in [0.15, 0.2) is 6.20 Å². The number of amides is 1. The summed E-state index contributed by atoms with van der Waals surface area (Å²) >= 11 is 0. The molecular formula is C18H30N4O4. The van der Waals surface area contributed by atoms with E-state index in [9.17, 15) is 9.59 Å². The third-order valence-electron chi connectivity index (χ3n) is 4.14. The van der Waals surface area contributed by atoms with Crippen molar-refractivity contribution in [3.8, 4) is 0 Å². The minimum absolute atomic E-state index is 0.145. The summed E-state index contributed by atoms with van der Waals surface area (Å²) in [6.45, 7) is 9.48. The maximum Gasteiger partial charge on any atom is 0.410 e. The van der Waals surface area contributed by atoms with E-state index in [1.54, 1.807) is 25.1 Å². The third-order valence-corrected chi connectivity index (χ3v) is 4.14. The molecule has 0 saturated carbocycles. The Morgan fingerprint density at radius 1 is 1.38 bits per heavy atom. The van der Waals surface area contributed by atoms with Crippen molar-refractivity contribution in [2.45, 2.75) is 58.7 Å². The first-order valence-electron chi connectivity index (χ1n) is 9.10. The molecule has 1 aromatic rings. The second kappa shape index (κ2) is 8.53. The van der Waals surface area contributed by atoms with Crippen LogP contribution in [-0.4, -0.2) is 58.1 Å². The van der Waals surface area contributed by atoms with Gasteiger partial charge in [0.2, 0.25) is 0 Å². The van der Waals surface area contributed by atoms with Crippen LogP contribution in [0.25, 0.3) is 0 Å². The van der Waals surface area contributed by atoms with Crippen molar-refractivity contribution in [3.63, 3.8) is 0 Å². The van der Waals surface area contributed by atoms with Gasteiger partial charge in [-0.2, -0.15) is 5.10 Å². The SMILES string of the molecule is CCOC(=O)c1c(CNC2CCCN(C(=O)OC(C)(C)C)C2)cnn1C. The van der Waals surface area contributed by atoms with E-state index in [0.717, 1.165) is 18.4 Å². The van der Waals surface area contributed by atoms with Crippen LogP contribution in [0.4, 0.5) is 4.79 Å². The highest BCUT2D eigenvalue weighted by molar-refractivity contribution is 5.89. The van der Waals surface area contributed by atoms with Crippen LogP contribution in [-0.2, 0) is 23.1 Å². The number of aromatic nitrogens is 2. The van der Waals surface area contributed by atoms with Gasteiger partial charge in [-0.05, 0) is 40.5 Å². The number of carbonyl (C=O) groups excluding carboxylic acids is 2. The van der Waals surface area contributed by atoms with Crippen molar-refractivity contribution < 1.29 is 19.1 Å². The Labute approximate surface area is 154 Å². The standard InChI is InChI=1S/C18H30N4O4/c1-6-25-16(23)15-13(11-20-21(15)5)10-19-14-8-7-9-22(12-14)17(24)26-18(2,3)4/h11,14,19H,6-10,12H2,1-5H3. The zero-order chi connectivity index (χ0) is 19.3. The van der Waals surface area contributed by atoms with Gasteiger partial charge in [0.05, 0.1) is 12.8 Å². The molecule has 1 unspecified atom stereocenters. The van der Waals surface area contributed by atoms with E-state index < -0.39 is 5.60 Å². The molecule has 8 heteroatoms. The van der Waals surface area contributed by atoms with Crippen LogP contribution >= 0.6 is 0 Å². The Morgan fingerprint density at radius 2 is 2.12 bits per heavy atom. The summed E-state index contributed by atoms with van der Waals surface area (Å²) in [7, 11) is 1.72. The second-order valence-corrected chi connectivity index (χ2v) is 7.51. The molecule has 1 N–H and O–H groups in total. The first kappa shape index (κ1) is 20.2. The topological polar surface area (TPSA) is 85.7 Å². The van der Waals surface area contributed by atoms with E-state index in [1.807, 2.05) is 20.8 Å². The van der Waals surface area contributed by atoms with E-state index >= 15 is 0 Å². The molecule has 0 radical (unpaired) electrons. The van der Waals surface area contributed by atoms with Crippen LogP contribution < -0.4 is 5.32 Å². The number of nitrogens with one attached hydrogen (secondary N) is 1. The van der Waals surface area contributed by atoms with E-state index in [2.05, 4.69) is 10.4 Å². The molecule has 1 aliphatic rings. The van der Waals surface area contributed by atoms with Gasteiger partial charge in [0.15, 0.2) is 5.69 Å². The van der Waals surface area contributed by atoms with E-state index in [1.165, 1.54) is 4.68 Å². The summed E-state index contributed by atoms with van der Waals surface area (Å²) in [5.41, 5.74) is 0.751. The molecule has 26 heavy (non-hydrogen) atoms. The Kier molecular flexibility index (Phi) is 6.63. The summed E-state index contributed by atoms with van der Waals surface area (Å²) in [6, 6.07) is 0.145. The molecule has 1 fully saturated rings. The fourth-order valence-electron chi connectivity index (χ4n) is 2.97. The molecule has 0 spiro atoms. The van der Waals surface area contributed by atoms with Gasteiger partial charge in [-0.25, -0.2) is 9.59 Å². The van der Waals surface area contributed by atoms with Gasteiger partial charge in [-0.1, -0.05) is 0 Å². The lowest BCUT2D eigenvalue weighted by molar-refractivity contribution is 0.0187. The molecule has 1 amide bonds. The molecular weight excluding hydrogens is 336 g/mol. The van der Waals surface area contributed by atoms with Crippen molar-refractivity contribution in [2.24, 2.45) is 7.05 Å². The maximum absolute atomic E-state index is 12.3. The van der Waals surface area contributed by atoms with Gasteiger partial charge in [-0.3, -0.25) is 4.68 Å². The Bertz CT molecular complexity index is 636. The number of rotatable bonds is 5. The highest BCUT2D eigenvalue weighted by Crippen LogP contribution is 2.16. The van der Waals surface area contributed by atoms with Gasteiger partial charge in [-0.15, -0.1) is 0 Å². The van der Waals surface area contributed by atoms with E-state index in [-0.39, 0.29) is 18.1 Å². The molecule has 1 saturated heterocycles. The molecule has 0 aliphatic carbocycles. The fourth-order valence-corrected chi connectivity index (χ4v) is 2.97. The lowest BCUT2D eigenvalue weighted by atomic mass is 10.1. The lowest BCUT2D eigenvalue weighted by Crippen LogP contribution is -2.49. The number of hydrogen-bond acceptors (Lipinski definition) is 6. The van der Waals surface area contributed by atoms with Crippen molar-refractivity contribution in [1.82, 2.24) is 20.0 Å². The largest absolute Gasteiger partial charge is 0.461 e. The summed E-state index contributed by atoms with van der Waals surface area (Å²) in [5, 5.41) is 7.58. The Hall–Kier alpha value is -2.09. The quantitative estimate of drug-likeness (QED) is 0.803. The van der Waals surface area contributed by atoms with Crippen molar-refractivity contribution in [3.05, 3.63) is 17.5 Å². The predicted octanol–water partition coefficient (Wildman–Crippen LogP) is 2.09. The monoisotopic (exact) mass is 366 g/mol. The van der Waals surface area contributed by atoms with Crippen LogP contribution in [0.2, 0.25) is 0 Å². The Morgan fingerprint density at radius 3 is 2.77 bits per heavy atom. The van der Waals surface area contributed by atoms with Gasteiger partial charge < -0.3 is 19.7 Å². The van der Waals surface area contributed by atoms with Crippen LogP contribution in [0.5, 0.6) is 0 Å². The molecule has 1 aliphatic heterocycles. The molecule has 0 bridgehead atoms. The van der Waals surface area contributed by atoms with Crippen LogP contribution in [0.3, 0.4) is 0 Å². The van der Waals surface area contributed by atoms with Crippen molar-refractivity contribution in [2.75, 3.05) is 19.7 Å². The van der Waals surface area contributed by atoms with E-state index in [4.69, 9.17) is 9.47 Å². The first-order chi connectivity index (χ1) is 12.2. The van der Waals surface area contributed by atoms with Gasteiger partial charge in [0, 0.05) is 38.3 Å². The lowest BCUT2D eigenvalue weighted by Gasteiger charge is -2.34. The number of piperidine rings is 1. The summed E-state index contributed by atoms with van der Waals surface area (Å²) in [5.74, 6) is -0.372. The zero-order valence-electron chi connectivity index (χ0n) is 16.4. The maximum atomic E-state index is 12.3. The summed E-state index contributed by atoms with van der Waals surface area (Å²) in [6.07, 6.45) is 3.27. The Balaban J connectivity index is 1.94. The number of aryl methyl sites for hydroxylation is 1. The highest BCUT2D eigenvalue weighted by atomic mass is 16.6. The van der Waals surface area contributed by atoms with Crippen LogP contribution in [0.1, 0.15) is 56.6 Å². The number of nitrogens with zero attached hydrogens (tertiary/aromatic N) is 3. The molecule has 146 valence electrons. The van der Waals surface area contributed by atoms with Crippen LogP contribution in [0, 0.1) is 0 Å². The predicted molar refractivity (Wildman–Crippen MR) is 96.8 cm³/mol. The minimum atomic E-state index is -0.498. The zero-order valence-corrected chi connectivity index (χ0v) is 16.4. The van der Waals surface area contributed by atoms with Gasteiger partial charge >= 0.3 is 12.1 Å². The molecule has 8 nitrogen and oxygen atoms in total.